The van der Waals surface area contributed by atoms with E-state index in [2.05, 4.69) is 130 Å². The number of hydrogen-bond acceptors (Lipinski definition) is 3. The smallest absolute Gasteiger partial charge is 0.0991 e. The molecule has 0 unspecified atom stereocenters. The molecule has 54 heavy (non-hydrogen) atoms. The summed E-state index contributed by atoms with van der Waals surface area (Å²) in [5, 5.41) is 23.9. The Morgan fingerprint density at radius 3 is 1.33 bits per heavy atom. The predicted molar refractivity (Wildman–Crippen MR) is 219 cm³/mol. The number of benzene rings is 7. The third kappa shape index (κ3) is 4.96. The Morgan fingerprint density at radius 2 is 0.815 bits per heavy atom. The summed E-state index contributed by atoms with van der Waals surface area (Å²) < 4.78 is 4.64. The average Bonchev–Trinajstić information content (AvgIpc) is 3.75. The molecule has 0 saturated carbocycles. The molecule has 0 aliphatic rings. The Balaban J connectivity index is 1.31. The van der Waals surface area contributed by atoms with Gasteiger partial charge in [-0.05, 0) is 83.9 Å². The molecule has 0 radical (unpaired) electrons. The van der Waals surface area contributed by atoms with Crippen molar-refractivity contribution >= 4 is 43.6 Å². The third-order valence-corrected chi connectivity index (χ3v) is 10.4. The molecule has 0 aliphatic carbocycles. The lowest BCUT2D eigenvalue weighted by Crippen LogP contribution is -2.04. The Bertz CT molecular complexity index is 3120. The minimum absolute atomic E-state index is 0.619. The van der Waals surface area contributed by atoms with E-state index in [0.29, 0.717) is 11.1 Å². The van der Waals surface area contributed by atoms with Crippen LogP contribution in [0.5, 0.6) is 0 Å². The zero-order chi connectivity index (χ0) is 36.2. The van der Waals surface area contributed by atoms with Gasteiger partial charge in [-0.25, -0.2) is 4.98 Å². The molecule has 0 aliphatic heterocycles. The van der Waals surface area contributed by atoms with Crippen molar-refractivity contribution in [3.63, 3.8) is 0 Å². The van der Waals surface area contributed by atoms with E-state index in [1.807, 2.05) is 66.7 Å². The highest BCUT2D eigenvalue weighted by Gasteiger charge is 2.21. The lowest BCUT2D eigenvalue weighted by molar-refractivity contribution is 1.10. The van der Waals surface area contributed by atoms with E-state index >= 15 is 0 Å². The van der Waals surface area contributed by atoms with Crippen LogP contribution in [0.15, 0.2) is 176 Å². The van der Waals surface area contributed by atoms with Crippen LogP contribution in [0.25, 0.3) is 88.6 Å². The number of rotatable bonds is 5. The van der Waals surface area contributed by atoms with E-state index in [9.17, 15) is 10.5 Å². The van der Waals surface area contributed by atoms with Crippen LogP contribution in [0.3, 0.4) is 0 Å². The Hall–Kier alpha value is -7.73. The van der Waals surface area contributed by atoms with Crippen LogP contribution in [-0.4, -0.2) is 14.1 Å². The van der Waals surface area contributed by atoms with E-state index < -0.39 is 0 Å². The Labute approximate surface area is 311 Å². The maximum Gasteiger partial charge on any atom is 0.0991 e. The summed E-state index contributed by atoms with van der Waals surface area (Å²) in [5.74, 6) is 0. The zero-order valence-electron chi connectivity index (χ0n) is 29.0. The summed E-state index contributed by atoms with van der Waals surface area (Å²) in [4.78, 5) is 5.15. The molecule has 10 aromatic rings. The molecule has 0 atom stereocenters. The molecule has 10 rings (SSSR count). The molecule has 3 aromatic heterocycles. The van der Waals surface area contributed by atoms with Crippen LogP contribution in [-0.2, 0) is 0 Å². The predicted octanol–water partition coefficient (Wildman–Crippen LogP) is 12.0. The van der Waals surface area contributed by atoms with Crippen LogP contribution in [0.1, 0.15) is 11.1 Å². The van der Waals surface area contributed by atoms with Gasteiger partial charge < -0.3 is 9.13 Å². The van der Waals surface area contributed by atoms with Crippen molar-refractivity contribution in [2.45, 2.75) is 0 Å². The first-order valence-corrected chi connectivity index (χ1v) is 17.8. The number of para-hydroxylation sites is 2. The highest BCUT2D eigenvalue weighted by Crippen LogP contribution is 2.41. The Morgan fingerprint density at radius 1 is 0.352 bits per heavy atom. The second-order valence-electron chi connectivity index (χ2n) is 13.5. The van der Waals surface area contributed by atoms with Gasteiger partial charge in [-0.3, -0.25) is 0 Å². The van der Waals surface area contributed by atoms with Gasteiger partial charge in [0.05, 0.1) is 68.1 Å². The molecular formula is C49H29N5. The first-order valence-electron chi connectivity index (χ1n) is 17.8. The number of nitriles is 2. The lowest BCUT2D eigenvalue weighted by atomic mass is 9.99. The normalized spacial score (nSPS) is 11.3. The number of nitrogens with zero attached hydrogens (tertiary/aromatic N) is 5. The van der Waals surface area contributed by atoms with Crippen LogP contribution in [0.4, 0.5) is 0 Å². The van der Waals surface area contributed by atoms with Crippen molar-refractivity contribution in [3.05, 3.63) is 187 Å². The van der Waals surface area contributed by atoms with Crippen molar-refractivity contribution in [2.75, 3.05) is 0 Å². The Kier molecular flexibility index (Phi) is 7.18. The van der Waals surface area contributed by atoms with Gasteiger partial charge in [-0.1, -0.05) is 103 Å². The summed E-state index contributed by atoms with van der Waals surface area (Å²) in [7, 11) is 0. The SMILES string of the molecule is N#Cc1ccc2c(c1)c1ccccc1n2-c1ccc(-c2cc(-c3ccccc3)nc(-c3ccccc3)c2)cc1-n1c2ccccc2c2cc(C#N)ccc21. The second kappa shape index (κ2) is 12.5. The van der Waals surface area contributed by atoms with Crippen molar-refractivity contribution < 1.29 is 0 Å². The first kappa shape index (κ1) is 31.0. The highest BCUT2D eigenvalue weighted by molar-refractivity contribution is 6.12. The molecule has 0 bridgehead atoms. The quantitative estimate of drug-likeness (QED) is 0.181. The summed E-state index contributed by atoms with van der Waals surface area (Å²) in [5.41, 5.74) is 13.3. The lowest BCUT2D eigenvalue weighted by Gasteiger charge is -2.19. The maximum absolute atomic E-state index is 9.89. The maximum atomic E-state index is 9.89. The van der Waals surface area contributed by atoms with Crippen molar-refractivity contribution in [1.82, 2.24) is 14.1 Å². The van der Waals surface area contributed by atoms with Crippen molar-refractivity contribution in [2.24, 2.45) is 0 Å². The molecule has 5 nitrogen and oxygen atoms in total. The summed E-state index contributed by atoms with van der Waals surface area (Å²) >= 11 is 0. The fourth-order valence-corrected chi connectivity index (χ4v) is 7.89. The van der Waals surface area contributed by atoms with E-state index in [0.717, 1.165) is 88.6 Å². The third-order valence-electron chi connectivity index (χ3n) is 10.4. The number of hydrogen-bond donors (Lipinski definition) is 0. The highest BCUT2D eigenvalue weighted by atomic mass is 15.1. The summed E-state index contributed by atoms with van der Waals surface area (Å²) in [6.45, 7) is 0. The first-order chi connectivity index (χ1) is 26.7. The number of fused-ring (bicyclic) bond motifs is 6. The topological polar surface area (TPSA) is 70.3 Å². The van der Waals surface area contributed by atoms with Crippen LogP contribution < -0.4 is 0 Å². The van der Waals surface area contributed by atoms with Gasteiger partial charge >= 0.3 is 0 Å². The minimum Gasteiger partial charge on any atom is -0.307 e. The minimum atomic E-state index is 0.619. The molecular weight excluding hydrogens is 659 g/mol. The van der Waals surface area contributed by atoms with Crippen molar-refractivity contribution in [3.8, 4) is 57.2 Å². The molecule has 5 heteroatoms. The molecule has 250 valence electrons. The van der Waals surface area contributed by atoms with Gasteiger partial charge in [0.15, 0.2) is 0 Å². The van der Waals surface area contributed by atoms with E-state index in [1.54, 1.807) is 0 Å². The van der Waals surface area contributed by atoms with E-state index in [-0.39, 0.29) is 0 Å². The molecule has 0 saturated heterocycles. The average molecular weight is 688 g/mol. The van der Waals surface area contributed by atoms with Crippen LogP contribution >= 0.6 is 0 Å². The summed E-state index contributed by atoms with van der Waals surface area (Å²) in [6, 6.07) is 65.0. The van der Waals surface area contributed by atoms with Gasteiger partial charge in [0.1, 0.15) is 0 Å². The van der Waals surface area contributed by atoms with Gasteiger partial charge in [-0.15, -0.1) is 0 Å². The summed E-state index contributed by atoms with van der Waals surface area (Å²) in [6.07, 6.45) is 0. The molecule has 7 aromatic carbocycles. The van der Waals surface area contributed by atoms with E-state index in [1.165, 1.54) is 0 Å². The van der Waals surface area contributed by atoms with E-state index in [4.69, 9.17) is 4.98 Å². The molecule has 0 fully saturated rings. The van der Waals surface area contributed by atoms with Gasteiger partial charge in [0, 0.05) is 32.7 Å². The fourth-order valence-electron chi connectivity index (χ4n) is 7.89. The molecule has 0 amide bonds. The number of aromatic nitrogens is 3. The van der Waals surface area contributed by atoms with Gasteiger partial charge in [0.25, 0.3) is 0 Å². The molecule has 3 heterocycles. The van der Waals surface area contributed by atoms with Crippen LogP contribution in [0, 0.1) is 22.7 Å². The largest absolute Gasteiger partial charge is 0.307 e. The monoisotopic (exact) mass is 687 g/mol. The number of pyridine rings is 1. The second-order valence-corrected chi connectivity index (χ2v) is 13.5. The van der Waals surface area contributed by atoms with Crippen molar-refractivity contribution in [1.29, 1.82) is 10.5 Å². The molecule has 0 N–H and O–H groups in total. The zero-order valence-corrected chi connectivity index (χ0v) is 29.0. The molecule has 0 spiro atoms. The standard InChI is InChI=1S/C49H29N5/c50-30-32-19-22-46-40(25-32)38-15-7-9-17-44(38)53(46)48-24-21-36(29-49(48)54-45-18-10-8-16-39(45)41-26-33(31-51)20-23-47(41)54)37-27-42(34-11-3-1-4-12-34)52-43(28-37)35-13-5-2-6-14-35/h1-29H. The van der Waals surface area contributed by atoms with Gasteiger partial charge in [0.2, 0.25) is 0 Å². The van der Waals surface area contributed by atoms with Gasteiger partial charge in [-0.2, -0.15) is 10.5 Å². The fraction of sp³-hybridized carbons (Fsp3) is 0. The van der Waals surface area contributed by atoms with Crippen LogP contribution in [0.2, 0.25) is 0 Å².